The summed E-state index contributed by atoms with van der Waals surface area (Å²) in [7, 11) is -3.67. The third kappa shape index (κ3) is 5.25. The van der Waals surface area contributed by atoms with Crippen molar-refractivity contribution >= 4 is 33.2 Å². The quantitative estimate of drug-likeness (QED) is 0.681. The molecule has 0 aliphatic rings. The first kappa shape index (κ1) is 22.2. The molecule has 0 aromatic heterocycles. The summed E-state index contributed by atoms with van der Waals surface area (Å²) >= 11 is 5.86. The summed E-state index contributed by atoms with van der Waals surface area (Å²) in [6.07, 6.45) is -0.142. The van der Waals surface area contributed by atoms with E-state index in [1.54, 1.807) is 44.2 Å². The molecule has 1 amide bonds. The molecule has 2 aromatic carbocycles. The Bertz CT molecular complexity index is 924. The number of rotatable bonds is 8. The van der Waals surface area contributed by atoms with Gasteiger partial charge in [0.05, 0.1) is 16.7 Å². The van der Waals surface area contributed by atoms with Gasteiger partial charge in [0.15, 0.2) is 0 Å². The van der Waals surface area contributed by atoms with Gasteiger partial charge in [-0.25, -0.2) is 8.42 Å². The Hall–Kier alpha value is -2.09. The predicted molar refractivity (Wildman–Crippen MR) is 112 cm³/mol. The van der Waals surface area contributed by atoms with E-state index in [9.17, 15) is 13.2 Å². The molecular formula is C20H25ClN2O4S. The van der Waals surface area contributed by atoms with Gasteiger partial charge in [0.2, 0.25) is 10.0 Å². The second-order valence-corrected chi connectivity index (χ2v) is 8.75. The average Bonchev–Trinajstić information content (AvgIpc) is 2.64. The summed E-state index contributed by atoms with van der Waals surface area (Å²) in [5, 5.41) is 3.27. The van der Waals surface area contributed by atoms with Gasteiger partial charge in [0.1, 0.15) is 5.75 Å². The van der Waals surface area contributed by atoms with Crippen molar-refractivity contribution in [1.29, 1.82) is 0 Å². The molecule has 2 aromatic rings. The van der Waals surface area contributed by atoms with Crippen molar-refractivity contribution < 1.29 is 17.9 Å². The summed E-state index contributed by atoms with van der Waals surface area (Å²) in [5.41, 5.74) is 0.693. The van der Waals surface area contributed by atoms with Gasteiger partial charge in [0.25, 0.3) is 5.91 Å². The van der Waals surface area contributed by atoms with Gasteiger partial charge >= 0.3 is 0 Å². The zero-order valence-corrected chi connectivity index (χ0v) is 18.0. The zero-order chi connectivity index (χ0) is 20.9. The van der Waals surface area contributed by atoms with Crippen LogP contribution in [-0.2, 0) is 10.0 Å². The lowest BCUT2D eigenvalue weighted by Crippen LogP contribution is -2.30. The third-order valence-corrected chi connectivity index (χ3v) is 6.31. The fourth-order valence-corrected chi connectivity index (χ4v) is 4.24. The molecule has 2 rings (SSSR count). The molecule has 0 unspecified atom stereocenters. The molecule has 0 atom stereocenters. The lowest BCUT2D eigenvalue weighted by molar-refractivity contribution is 0.102. The van der Waals surface area contributed by atoms with Crippen molar-refractivity contribution in [3.8, 4) is 5.75 Å². The lowest BCUT2D eigenvalue weighted by atomic mass is 10.2. The third-order valence-electron chi connectivity index (χ3n) is 4.01. The summed E-state index contributed by atoms with van der Waals surface area (Å²) < 4.78 is 32.8. The van der Waals surface area contributed by atoms with Gasteiger partial charge in [-0.15, -0.1) is 0 Å². The number of halogens is 1. The molecular weight excluding hydrogens is 400 g/mol. The van der Waals surface area contributed by atoms with Gasteiger partial charge in [-0.2, -0.15) is 4.31 Å². The van der Waals surface area contributed by atoms with Crippen LogP contribution in [0.15, 0.2) is 47.4 Å². The monoisotopic (exact) mass is 424 g/mol. The number of hydrogen-bond acceptors (Lipinski definition) is 4. The highest BCUT2D eigenvalue weighted by atomic mass is 35.5. The number of nitrogens with one attached hydrogen (secondary N) is 1. The number of ether oxygens (including phenoxy) is 1. The van der Waals surface area contributed by atoms with Crippen LogP contribution >= 0.6 is 11.6 Å². The molecule has 0 aliphatic heterocycles. The summed E-state index contributed by atoms with van der Waals surface area (Å²) in [6, 6.07) is 10.9. The zero-order valence-electron chi connectivity index (χ0n) is 16.4. The van der Waals surface area contributed by atoms with Crippen molar-refractivity contribution in [1.82, 2.24) is 4.31 Å². The van der Waals surface area contributed by atoms with Gasteiger partial charge in [0, 0.05) is 23.7 Å². The Kier molecular flexibility index (Phi) is 7.46. The molecule has 0 radical (unpaired) electrons. The van der Waals surface area contributed by atoms with E-state index in [0.717, 1.165) is 0 Å². The molecule has 1 N–H and O–H groups in total. The number of carbonyl (C=O) groups is 1. The highest BCUT2D eigenvalue weighted by Gasteiger charge is 2.23. The van der Waals surface area contributed by atoms with Crippen molar-refractivity contribution in [2.75, 3.05) is 18.4 Å². The van der Waals surface area contributed by atoms with Gasteiger partial charge in [-0.05, 0) is 56.3 Å². The van der Waals surface area contributed by atoms with E-state index < -0.39 is 10.0 Å². The first-order valence-electron chi connectivity index (χ1n) is 9.06. The molecule has 0 spiro atoms. The molecule has 0 bridgehead atoms. The Morgan fingerprint density at radius 1 is 1.11 bits per heavy atom. The second kappa shape index (κ2) is 9.41. The van der Waals surface area contributed by atoms with Gasteiger partial charge in [-0.1, -0.05) is 25.4 Å². The number of sulfonamides is 1. The Balaban J connectivity index is 2.44. The largest absolute Gasteiger partial charge is 0.489 e. The highest BCUT2D eigenvalue weighted by Crippen LogP contribution is 2.30. The van der Waals surface area contributed by atoms with E-state index in [2.05, 4.69) is 5.32 Å². The standard InChI is InChI=1S/C20H25ClN2O4S/c1-5-23(6-2)28(25,26)17-11-12-19(27-14(3)4)18(13-17)22-20(24)15-7-9-16(21)10-8-15/h7-14H,5-6H2,1-4H3,(H,22,24). The number of benzene rings is 2. The molecule has 152 valence electrons. The molecule has 0 fully saturated rings. The van der Waals surface area contributed by atoms with Crippen LogP contribution in [0.4, 0.5) is 5.69 Å². The van der Waals surface area contributed by atoms with Crippen LogP contribution in [0.1, 0.15) is 38.1 Å². The SMILES string of the molecule is CCN(CC)S(=O)(=O)c1ccc(OC(C)C)c(NC(=O)c2ccc(Cl)cc2)c1. The summed E-state index contributed by atoms with van der Waals surface area (Å²) in [5.74, 6) is 0.0125. The van der Waals surface area contributed by atoms with Gasteiger partial charge in [-0.3, -0.25) is 4.79 Å². The topological polar surface area (TPSA) is 75.7 Å². The van der Waals surface area contributed by atoms with E-state index >= 15 is 0 Å². The van der Waals surface area contributed by atoms with E-state index in [-0.39, 0.29) is 16.9 Å². The summed E-state index contributed by atoms with van der Waals surface area (Å²) in [4.78, 5) is 12.7. The van der Waals surface area contributed by atoms with E-state index in [4.69, 9.17) is 16.3 Å². The fraction of sp³-hybridized carbons (Fsp3) is 0.350. The maximum absolute atomic E-state index is 12.8. The van der Waals surface area contributed by atoms with Crippen molar-refractivity contribution in [3.05, 3.63) is 53.1 Å². The van der Waals surface area contributed by atoms with Crippen molar-refractivity contribution in [2.45, 2.75) is 38.7 Å². The van der Waals surface area contributed by atoms with Crippen LogP contribution < -0.4 is 10.1 Å². The van der Waals surface area contributed by atoms with Crippen LogP contribution in [0.25, 0.3) is 0 Å². The van der Waals surface area contributed by atoms with Crippen LogP contribution in [0.2, 0.25) is 5.02 Å². The second-order valence-electron chi connectivity index (χ2n) is 6.37. The van der Waals surface area contributed by atoms with Crippen LogP contribution in [0.3, 0.4) is 0 Å². The van der Waals surface area contributed by atoms with Crippen LogP contribution in [0, 0.1) is 0 Å². The number of hydrogen-bond donors (Lipinski definition) is 1. The van der Waals surface area contributed by atoms with Gasteiger partial charge < -0.3 is 10.1 Å². The lowest BCUT2D eigenvalue weighted by Gasteiger charge is -2.20. The number of anilines is 1. The molecule has 0 saturated heterocycles. The number of nitrogens with zero attached hydrogens (tertiary/aromatic N) is 1. The minimum atomic E-state index is -3.67. The van der Waals surface area contributed by atoms with E-state index in [1.165, 1.54) is 16.4 Å². The van der Waals surface area contributed by atoms with E-state index in [1.807, 2.05) is 13.8 Å². The fourth-order valence-electron chi connectivity index (χ4n) is 2.63. The highest BCUT2D eigenvalue weighted by molar-refractivity contribution is 7.89. The maximum Gasteiger partial charge on any atom is 0.255 e. The number of carbonyl (C=O) groups excluding carboxylic acids is 1. The van der Waals surface area contributed by atoms with Crippen LogP contribution in [0.5, 0.6) is 5.75 Å². The summed E-state index contributed by atoms with van der Waals surface area (Å²) in [6.45, 7) is 7.98. The molecule has 6 nitrogen and oxygen atoms in total. The molecule has 0 aliphatic carbocycles. The normalized spacial score (nSPS) is 11.7. The molecule has 28 heavy (non-hydrogen) atoms. The Morgan fingerprint density at radius 3 is 2.25 bits per heavy atom. The predicted octanol–water partition coefficient (Wildman–Crippen LogP) is 4.41. The minimum absolute atomic E-state index is 0.0960. The average molecular weight is 425 g/mol. The molecule has 8 heteroatoms. The first-order valence-corrected chi connectivity index (χ1v) is 10.9. The number of amides is 1. The van der Waals surface area contributed by atoms with Crippen molar-refractivity contribution in [2.24, 2.45) is 0 Å². The maximum atomic E-state index is 12.8. The Morgan fingerprint density at radius 2 is 1.71 bits per heavy atom. The smallest absolute Gasteiger partial charge is 0.255 e. The van der Waals surface area contributed by atoms with Crippen molar-refractivity contribution in [3.63, 3.8) is 0 Å². The van der Waals surface area contributed by atoms with Crippen LogP contribution in [-0.4, -0.2) is 37.8 Å². The molecule has 0 saturated carbocycles. The minimum Gasteiger partial charge on any atom is -0.489 e. The van der Waals surface area contributed by atoms with E-state index in [0.29, 0.717) is 35.1 Å². The molecule has 0 heterocycles. The Labute approximate surface area is 171 Å². The first-order chi connectivity index (χ1) is 13.2.